The molecule has 10 heavy (non-hydrogen) atoms. The van der Waals surface area contributed by atoms with E-state index in [0.29, 0.717) is 0 Å². The summed E-state index contributed by atoms with van der Waals surface area (Å²) in [7, 11) is 0. The Morgan fingerprint density at radius 2 is 2.40 bits per heavy atom. The first kappa shape index (κ1) is 7.06. The molecule has 0 N–H and O–H groups in total. The Kier molecular flexibility index (Phi) is 1.90. The van der Waals surface area contributed by atoms with Gasteiger partial charge in [-0.1, -0.05) is 12.7 Å². The molecule has 1 saturated heterocycles. The monoisotopic (exact) mass is 137 g/mol. The van der Waals surface area contributed by atoms with Gasteiger partial charge in [0.15, 0.2) is 0 Å². The van der Waals surface area contributed by atoms with Crippen LogP contribution in [0, 0.1) is 0 Å². The van der Waals surface area contributed by atoms with Crippen molar-refractivity contribution < 1.29 is 4.79 Å². The van der Waals surface area contributed by atoms with Crippen molar-refractivity contribution in [2.75, 3.05) is 6.54 Å². The Hall–Kier alpha value is -1.05. The topological polar surface area (TPSA) is 20.3 Å². The molecule has 2 heteroatoms. The molecule has 1 rings (SSSR count). The molecule has 0 spiro atoms. The van der Waals surface area contributed by atoms with E-state index in [0.717, 1.165) is 18.5 Å². The Labute approximate surface area is 60.8 Å². The molecule has 1 aliphatic rings. The molecule has 0 bridgehead atoms. The molecule has 0 unspecified atom stereocenters. The van der Waals surface area contributed by atoms with Gasteiger partial charge < -0.3 is 4.90 Å². The molecule has 2 nitrogen and oxygen atoms in total. The lowest BCUT2D eigenvalue weighted by molar-refractivity contribution is -0.122. The predicted octanol–water partition coefficient (Wildman–Crippen LogP) is 1.31. The van der Waals surface area contributed by atoms with Gasteiger partial charge in [-0.15, -0.1) is 0 Å². The second-order valence-corrected chi connectivity index (χ2v) is 2.25. The van der Waals surface area contributed by atoms with Gasteiger partial charge in [-0.05, 0) is 19.5 Å². The Balaban J connectivity index is 2.76. The highest BCUT2D eigenvalue weighted by molar-refractivity contribution is 5.96. The number of hydrogen-bond acceptors (Lipinski definition) is 1. The molecule has 0 radical (unpaired) electrons. The van der Waals surface area contributed by atoms with Crippen molar-refractivity contribution in [3.8, 4) is 0 Å². The molecule has 1 heterocycles. The van der Waals surface area contributed by atoms with E-state index >= 15 is 0 Å². The quantitative estimate of drug-likeness (QED) is 0.499. The van der Waals surface area contributed by atoms with Crippen LogP contribution in [-0.4, -0.2) is 17.4 Å². The largest absolute Gasteiger partial charge is 0.316 e. The van der Waals surface area contributed by atoms with Gasteiger partial charge in [0.05, 0.1) is 0 Å². The molecular formula is C8H11NO. The molecule has 1 amide bonds. The van der Waals surface area contributed by atoms with Crippen LogP contribution in [0.1, 0.15) is 13.3 Å². The van der Waals surface area contributed by atoms with Crippen LogP contribution in [0.25, 0.3) is 0 Å². The van der Waals surface area contributed by atoms with E-state index < -0.39 is 0 Å². The van der Waals surface area contributed by atoms with Gasteiger partial charge in [-0.25, -0.2) is 0 Å². The lowest BCUT2D eigenvalue weighted by atomic mass is 10.2. The van der Waals surface area contributed by atoms with Gasteiger partial charge in [-0.3, -0.25) is 4.79 Å². The van der Waals surface area contributed by atoms with Gasteiger partial charge in [0.1, 0.15) is 0 Å². The van der Waals surface area contributed by atoms with Gasteiger partial charge in [0.25, 0.3) is 5.91 Å². The maximum Gasteiger partial charge on any atom is 0.253 e. The molecule has 0 aromatic carbocycles. The normalized spacial score (nSPS) is 22.3. The number of allylic oxidation sites excluding steroid dienone is 1. The number of carbonyl (C=O) groups is 1. The summed E-state index contributed by atoms with van der Waals surface area (Å²) in [5, 5.41) is 0. The van der Waals surface area contributed by atoms with Crippen molar-refractivity contribution in [1.82, 2.24) is 4.90 Å². The molecule has 0 atom stereocenters. The fourth-order valence-corrected chi connectivity index (χ4v) is 1.08. The van der Waals surface area contributed by atoms with E-state index in [4.69, 9.17) is 0 Å². The zero-order valence-electron chi connectivity index (χ0n) is 6.13. The van der Waals surface area contributed by atoms with E-state index in [1.165, 1.54) is 0 Å². The van der Waals surface area contributed by atoms with Crippen molar-refractivity contribution in [2.24, 2.45) is 0 Å². The molecule has 54 valence electrons. The average Bonchev–Trinajstić information content (AvgIpc) is 2.30. The first-order valence-electron chi connectivity index (χ1n) is 3.38. The number of amides is 1. The van der Waals surface area contributed by atoms with Crippen LogP contribution >= 0.6 is 0 Å². The molecule has 0 aliphatic carbocycles. The standard InChI is InChI=1S/C8H11NO/c1-3-7-5-6-9(4-2)8(7)10/h3-4H,2,5-6H2,1H3/b7-3-. The third-order valence-corrected chi connectivity index (χ3v) is 1.73. The fourth-order valence-electron chi connectivity index (χ4n) is 1.08. The minimum atomic E-state index is 0.109. The number of nitrogens with zero attached hydrogens (tertiary/aromatic N) is 1. The van der Waals surface area contributed by atoms with Crippen molar-refractivity contribution in [1.29, 1.82) is 0 Å². The first-order chi connectivity index (χ1) is 4.79. The third-order valence-electron chi connectivity index (χ3n) is 1.73. The van der Waals surface area contributed by atoms with Crippen molar-refractivity contribution in [3.63, 3.8) is 0 Å². The van der Waals surface area contributed by atoms with E-state index in [1.54, 1.807) is 11.1 Å². The number of carbonyl (C=O) groups excluding carboxylic acids is 1. The number of hydrogen-bond donors (Lipinski definition) is 0. The molecule has 0 saturated carbocycles. The van der Waals surface area contributed by atoms with Crippen LogP contribution in [0.2, 0.25) is 0 Å². The van der Waals surface area contributed by atoms with Gasteiger partial charge in [-0.2, -0.15) is 0 Å². The first-order valence-corrected chi connectivity index (χ1v) is 3.38. The number of likely N-dealkylation sites (tertiary alicyclic amines) is 1. The average molecular weight is 137 g/mol. The smallest absolute Gasteiger partial charge is 0.253 e. The van der Waals surface area contributed by atoms with Crippen LogP contribution in [0.3, 0.4) is 0 Å². The van der Waals surface area contributed by atoms with Crippen LogP contribution in [0.4, 0.5) is 0 Å². The molecule has 0 aromatic rings. The van der Waals surface area contributed by atoms with Gasteiger partial charge in [0, 0.05) is 12.1 Å². The SMILES string of the molecule is C=CN1CC/C(=C/C)C1=O. The minimum Gasteiger partial charge on any atom is -0.316 e. The van der Waals surface area contributed by atoms with Crippen molar-refractivity contribution in [3.05, 3.63) is 24.4 Å². The lowest BCUT2D eigenvalue weighted by Crippen LogP contribution is -2.17. The summed E-state index contributed by atoms with van der Waals surface area (Å²) >= 11 is 0. The maximum atomic E-state index is 11.2. The highest BCUT2D eigenvalue weighted by Crippen LogP contribution is 2.15. The Morgan fingerprint density at radius 1 is 1.70 bits per heavy atom. The van der Waals surface area contributed by atoms with Gasteiger partial charge >= 0.3 is 0 Å². The Bertz CT molecular complexity index is 193. The third kappa shape index (κ3) is 0.967. The summed E-state index contributed by atoms with van der Waals surface area (Å²) in [4.78, 5) is 12.8. The summed E-state index contributed by atoms with van der Waals surface area (Å²) in [6, 6.07) is 0. The highest BCUT2D eigenvalue weighted by atomic mass is 16.2. The zero-order chi connectivity index (χ0) is 7.56. The van der Waals surface area contributed by atoms with Crippen molar-refractivity contribution in [2.45, 2.75) is 13.3 Å². The fraction of sp³-hybridized carbons (Fsp3) is 0.375. The highest BCUT2D eigenvalue weighted by Gasteiger charge is 2.22. The molecular weight excluding hydrogens is 126 g/mol. The second-order valence-electron chi connectivity index (χ2n) is 2.25. The summed E-state index contributed by atoms with van der Waals surface area (Å²) in [5.74, 6) is 0.109. The van der Waals surface area contributed by atoms with Crippen molar-refractivity contribution >= 4 is 5.91 Å². The van der Waals surface area contributed by atoms with E-state index in [1.807, 2.05) is 13.0 Å². The van der Waals surface area contributed by atoms with E-state index in [-0.39, 0.29) is 5.91 Å². The lowest BCUT2D eigenvalue weighted by Gasteiger charge is -2.05. The number of rotatable bonds is 1. The minimum absolute atomic E-state index is 0.109. The van der Waals surface area contributed by atoms with Crippen LogP contribution in [0.15, 0.2) is 24.4 Å². The maximum absolute atomic E-state index is 11.2. The van der Waals surface area contributed by atoms with E-state index in [2.05, 4.69) is 6.58 Å². The van der Waals surface area contributed by atoms with Gasteiger partial charge in [0.2, 0.25) is 0 Å². The summed E-state index contributed by atoms with van der Waals surface area (Å²) in [5.41, 5.74) is 0.903. The van der Waals surface area contributed by atoms with Crippen LogP contribution in [0.5, 0.6) is 0 Å². The predicted molar refractivity (Wildman–Crippen MR) is 40.3 cm³/mol. The summed E-state index contributed by atoms with van der Waals surface area (Å²) < 4.78 is 0. The van der Waals surface area contributed by atoms with Crippen LogP contribution < -0.4 is 0 Å². The van der Waals surface area contributed by atoms with E-state index in [9.17, 15) is 4.79 Å². The second kappa shape index (κ2) is 2.69. The summed E-state index contributed by atoms with van der Waals surface area (Å²) in [6.07, 6.45) is 4.31. The van der Waals surface area contributed by atoms with Crippen LogP contribution in [-0.2, 0) is 4.79 Å². The molecule has 1 fully saturated rings. The molecule has 1 aliphatic heterocycles. The Morgan fingerprint density at radius 3 is 2.70 bits per heavy atom. The zero-order valence-corrected chi connectivity index (χ0v) is 6.13. The molecule has 0 aromatic heterocycles. The summed E-state index contributed by atoms with van der Waals surface area (Å²) in [6.45, 7) is 6.22.